The summed E-state index contributed by atoms with van der Waals surface area (Å²) in [7, 11) is -4.42. The normalized spacial score (nSPS) is 13.5. The number of sulfonamides is 1. The molecule has 0 aliphatic rings. The summed E-state index contributed by atoms with van der Waals surface area (Å²) >= 11 is 0. The van der Waals surface area contributed by atoms with Crippen molar-refractivity contribution in [1.82, 2.24) is 14.5 Å². The van der Waals surface area contributed by atoms with Crippen LogP contribution in [0.4, 0.5) is 22.0 Å². The van der Waals surface area contributed by atoms with Crippen LogP contribution in [0, 0.1) is 11.6 Å². The number of nitrogens with one attached hydrogen (secondary N) is 1. The number of hydrogen-bond acceptors (Lipinski definition) is 4. The second-order valence-electron chi connectivity index (χ2n) is 5.29. The number of rotatable bonds is 5. The molecule has 0 aliphatic carbocycles. The van der Waals surface area contributed by atoms with Gasteiger partial charge in [0.05, 0.1) is 5.75 Å². The van der Waals surface area contributed by atoms with Crippen molar-refractivity contribution in [3.05, 3.63) is 53.4 Å². The molecule has 1 aromatic carbocycles. The fourth-order valence-corrected chi connectivity index (χ4v) is 3.15. The van der Waals surface area contributed by atoms with Crippen molar-refractivity contribution in [1.29, 1.82) is 0 Å². The highest BCUT2D eigenvalue weighted by Crippen LogP contribution is 2.27. The second-order valence-corrected chi connectivity index (χ2v) is 7.02. The average Bonchev–Trinajstić information content (AvgIpc) is 3.00. The zero-order valence-corrected chi connectivity index (χ0v) is 13.9. The molecule has 0 saturated carbocycles. The molecule has 2 aromatic rings. The molecule has 1 aromatic heterocycles. The summed E-state index contributed by atoms with van der Waals surface area (Å²) in [6, 6.07) is 2.14. The maximum atomic E-state index is 13.5. The lowest BCUT2D eigenvalue weighted by atomic mass is 10.2. The summed E-state index contributed by atoms with van der Waals surface area (Å²) in [5, 5.41) is 3.17. The summed E-state index contributed by atoms with van der Waals surface area (Å²) in [5.74, 6) is -4.84. The number of benzene rings is 1. The van der Waals surface area contributed by atoms with Crippen LogP contribution in [0.15, 0.2) is 30.5 Å². The third kappa shape index (κ3) is 4.56. The Morgan fingerprint density at radius 1 is 1.27 bits per heavy atom. The third-order valence-electron chi connectivity index (χ3n) is 3.31. The highest BCUT2D eigenvalue weighted by Gasteiger charge is 2.34. The molecule has 6 nitrogen and oxygen atoms in total. The minimum absolute atomic E-state index is 0.503. The molecule has 1 atom stereocenters. The Kier molecular flexibility index (Phi) is 5.35. The van der Waals surface area contributed by atoms with E-state index >= 15 is 0 Å². The van der Waals surface area contributed by atoms with Gasteiger partial charge in [-0.15, -0.1) is 0 Å². The Balaban J connectivity index is 2.12. The molecular weight excluding hydrogens is 385 g/mol. The van der Waals surface area contributed by atoms with Crippen LogP contribution in [0.2, 0.25) is 0 Å². The van der Waals surface area contributed by atoms with Crippen LogP contribution in [-0.2, 0) is 26.7 Å². The van der Waals surface area contributed by atoms with E-state index in [1.165, 1.54) is 0 Å². The summed E-state index contributed by atoms with van der Waals surface area (Å²) < 4.78 is 90.3. The van der Waals surface area contributed by atoms with Crippen LogP contribution < -0.4 is 4.72 Å². The van der Waals surface area contributed by atoms with E-state index in [2.05, 4.69) is 5.10 Å². The largest absolute Gasteiger partial charge is 0.435 e. The first-order valence-electron chi connectivity index (χ1n) is 7.00. The first kappa shape index (κ1) is 19.8. The number of nitrogens with zero attached hydrogens (tertiary/aromatic N) is 2. The van der Waals surface area contributed by atoms with E-state index in [0.717, 1.165) is 31.3 Å². The van der Waals surface area contributed by atoms with Gasteiger partial charge >= 0.3 is 6.18 Å². The zero-order valence-electron chi connectivity index (χ0n) is 13.1. The van der Waals surface area contributed by atoms with E-state index in [1.807, 2.05) is 0 Å². The second kappa shape index (κ2) is 7.02. The molecule has 1 heterocycles. The SMILES string of the molecule is CC(C(=O)NS(=O)(=O)Cc1cccc(F)c1F)n1ccc(C(F)(F)F)n1. The van der Waals surface area contributed by atoms with Gasteiger partial charge in [0.2, 0.25) is 10.0 Å². The number of alkyl halides is 3. The monoisotopic (exact) mass is 397 g/mol. The van der Waals surface area contributed by atoms with Gasteiger partial charge in [0.15, 0.2) is 17.3 Å². The van der Waals surface area contributed by atoms with Crippen molar-refractivity contribution in [2.75, 3.05) is 0 Å². The molecule has 0 fully saturated rings. The van der Waals surface area contributed by atoms with Crippen molar-refractivity contribution >= 4 is 15.9 Å². The summed E-state index contributed by atoms with van der Waals surface area (Å²) in [5.41, 5.74) is -1.75. The fourth-order valence-electron chi connectivity index (χ4n) is 1.96. The zero-order chi connectivity index (χ0) is 19.7. The molecule has 0 spiro atoms. The van der Waals surface area contributed by atoms with E-state index in [0.29, 0.717) is 10.7 Å². The first-order chi connectivity index (χ1) is 11.9. The maximum absolute atomic E-state index is 13.5. The number of aromatic nitrogens is 2. The number of halogens is 5. The summed E-state index contributed by atoms with van der Waals surface area (Å²) in [4.78, 5) is 12.0. The van der Waals surface area contributed by atoms with Crippen LogP contribution in [0.25, 0.3) is 0 Å². The molecule has 0 radical (unpaired) electrons. The predicted molar refractivity (Wildman–Crippen MR) is 79.1 cm³/mol. The fraction of sp³-hybridized carbons (Fsp3) is 0.286. The van der Waals surface area contributed by atoms with E-state index in [-0.39, 0.29) is 0 Å². The number of carbonyl (C=O) groups is 1. The molecular formula is C14H12F5N3O3S. The van der Waals surface area contributed by atoms with Crippen molar-refractivity contribution < 1.29 is 35.2 Å². The van der Waals surface area contributed by atoms with Crippen molar-refractivity contribution in [3.63, 3.8) is 0 Å². The van der Waals surface area contributed by atoms with Gasteiger partial charge in [0.25, 0.3) is 5.91 Å². The van der Waals surface area contributed by atoms with Gasteiger partial charge in [0.1, 0.15) is 6.04 Å². The van der Waals surface area contributed by atoms with Gasteiger partial charge in [-0.05, 0) is 19.1 Å². The molecule has 0 aliphatic heterocycles. The van der Waals surface area contributed by atoms with Gasteiger partial charge in [-0.25, -0.2) is 17.2 Å². The van der Waals surface area contributed by atoms with Crippen molar-refractivity contribution in [2.45, 2.75) is 24.9 Å². The summed E-state index contributed by atoms with van der Waals surface area (Å²) in [6.45, 7) is 1.13. The van der Waals surface area contributed by atoms with Gasteiger partial charge in [-0.1, -0.05) is 12.1 Å². The highest BCUT2D eigenvalue weighted by atomic mass is 32.2. The minimum atomic E-state index is -4.72. The van der Waals surface area contributed by atoms with Crippen molar-refractivity contribution in [2.24, 2.45) is 0 Å². The third-order valence-corrected chi connectivity index (χ3v) is 4.51. The van der Waals surface area contributed by atoms with E-state index < -0.39 is 56.8 Å². The molecule has 26 heavy (non-hydrogen) atoms. The van der Waals surface area contributed by atoms with Crippen LogP contribution in [-0.4, -0.2) is 24.1 Å². The Labute approximate surface area is 144 Å². The van der Waals surface area contributed by atoms with Gasteiger partial charge in [-0.3, -0.25) is 14.2 Å². The molecule has 0 bridgehead atoms. The Bertz CT molecular complexity index is 924. The molecule has 0 saturated heterocycles. The van der Waals surface area contributed by atoms with E-state index in [9.17, 15) is 35.2 Å². The lowest BCUT2D eigenvalue weighted by Gasteiger charge is -2.13. The number of carbonyl (C=O) groups excluding carboxylic acids is 1. The van der Waals surface area contributed by atoms with Crippen LogP contribution in [0.3, 0.4) is 0 Å². The molecule has 1 amide bonds. The maximum Gasteiger partial charge on any atom is 0.435 e. The van der Waals surface area contributed by atoms with Crippen LogP contribution >= 0.6 is 0 Å². The molecule has 12 heteroatoms. The van der Waals surface area contributed by atoms with E-state index in [1.54, 1.807) is 4.72 Å². The quantitative estimate of drug-likeness (QED) is 0.786. The molecule has 2 rings (SSSR count). The van der Waals surface area contributed by atoms with Gasteiger partial charge < -0.3 is 0 Å². The van der Waals surface area contributed by atoms with Crippen LogP contribution in [0.5, 0.6) is 0 Å². The number of hydrogen-bond donors (Lipinski definition) is 1. The molecule has 142 valence electrons. The lowest BCUT2D eigenvalue weighted by Crippen LogP contribution is -2.37. The van der Waals surface area contributed by atoms with Crippen LogP contribution in [0.1, 0.15) is 24.2 Å². The van der Waals surface area contributed by atoms with Gasteiger partial charge in [0, 0.05) is 11.8 Å². The molecule has 1 unspecified atom stereocenters. The standard InChI is InChI=1S/C14H12F5N3O3S/c1-8(22-6-5-11(20-22)14(17,18)19)13(23)21-26(24,25)7-9-3-2-4-10(15)12(9)16/h2-6,8H,7H2,1H3,(H,21,23). The number of amides is 1. The van der Waals surface area contributed by atoms with Crippen molar-refractivity contribution in [3.8, 4) is 0 Å². The van der Waals surface area contributed by atoms with E-state index in [4.69, 9.17) is 0 Å². The smallest absolute Gasteiger partial charge is 0.272 e. The topological polar surface area (TPSA) is 81.1 Å². The predicted octanol–water partition coefficient (Wildman–Crippen LogP) is 2.39. The highest BCUT2D eigenvalue weighted by molar-refractivity contribution is 7.89. The molecule has 1 N–H and O–H groups in total. The first-order valence-corrected chi connectivity index (χ1v) is 8.65. The minimum Gasteiger partial charge on any atom is -0.272 e. The lowest BCUT2D eigenvalue weighted by molar-refractivity contribution is -0.142. The van der Waals surface area contributed by atoms with Gasteiger partial charge in [-0.2, -0.15) is 18.3 Å². The Hall–Kier alpha value is -2.50. The Morgan fingerprint density at radius 2 is 1.92 bits per heavy atom. The summed E-state index contributed by atoms with van der Waals surface area (Å²) in [6.07, 6.45) is -3.85. The average molecular weight is 397 g/mol. The Morgan fingerprint density at radius 3 is 2.50 bits per heavy atom.